The maximum atomic E-state index is 12.3. The minimum atomic E-state index is -0.518. The van der Waals surface area contributed by atoms with Crippen LogP contribution in [-0.4, -0.2) is 22.0 Å². The lowest BCUT2D eigenvalue weighted by Gasteiger charge is -2.07. The number of aromatic nitrogens is 2. The lowest BCUT2D eigenvalue weighted by Crippen LogP contribution is -2.13. The first-order chi connectivity index (χ1) is 13.0. The Morgan fingerprint density at radius 3 is 2.33 bits per heavy atom. The molecule has 0 atom stereocenters. The number of carbonyl (C=O) groups excluding carboxylic acids is 2. The predicted molar refractivity (Wildman–Crippen MR) is 97.4 cm³/mol. The zero-order valence-corrected chi connectivity index (χ0v) is 14.6. The lowest BCUT2D eigenvalue weighted by molar-refractivity contribution is 0.0998. The first-order valence-corrected chi connectivity index (χ1v) is 8.30. The zero-order chi connectivity index (χ0) is 19.2. The van der Waals surface area contributed by atoms with Crippen LogP contribution in [0.3, 0.4) is 0 Å². The van der Waals surface area contributed by atoms with Crippen LogP contribution in [0.1, 0.15) is 39.4 Å². The van der Waals surface area contributed by atoms with Crippen molar-refractivity contribution in [2.75, 3.05) is 5.32 Å². The maximum absolute atomic E-state index is 12.3. The summed E-state index contributed by atoms with van der Waals surface area (Å²) in [5, 5.41) is 6.55. The van der Waals surface area contributed by atoms with E-state index in [1.807, 2.05) is 6.92 Å². The van der Waals surface area contributed by atoms with Crippen molar-refractivity contribution in [2.24, 2.45) is 5.73 Å². The van der Waals surface area contributed by atoms with E-state index >= 15 is 0 Å². The Balaban J connectivity index is 1.57. The van der Waals surface area contributed by atoms with Crippen LogP contribution in [0.15, 0.2) is 53.1 Å². The number of hydrogen-bond donors (Lipinski definition) is 2. The molecule has 0 aliphatic heterocycles. The number of hydrogen-bond acceptors (Lipinski definition) is 6. The van der Waals surface area contributed by atoms with Crippen molar-refractivity contribution in [1.29, 1.82) is 0 Å². The molecule has 3 aromatic rings. The first kappa shape index (κ1) is 18.1. The molecule has 0 fully saturated rings. The summed E-state index contributed by atoms with van der Waals surface area (Å²) in [5.41, 5.74) is 6.60. The summed E-state index contributed by atoms with van der Waals surface area (Å²) in [7, 11) is 0. The number of benzene rings is 2. The molecule has 0 aliphatic rings. The van der Waals surface area contributed by atoms with Crippen LogP contribution in [0.5, 0.6) is 5.75 Å². The Morgan fingerprint density at radius 1 is 1.07 bits per heavy atom. The smallest absolute Gasteiger partial charge is 0.255 e. The van der Waals surface area contributed by atoms with Crippen molar-refractivity contribution in [2.45, 2.75) is 20.0 Å². The third-order valence-corrected chi connectivity index (χ3v) is 3.72. The number of rotatable bonds is 7. The third kappa shape index (κ3) is 4.69. The summed E-state index contributed by atoms with van der Waals surface area (Å²) < 4.78 is 10.6. The second-order valence-corrected chi connectivity index (χ2v) is 5.67. The number of anilines is 1. The highest BCUT2D eigenvalue weighted by Gasteiger charge is 2.09. The van der Waals surface area contributed by atoms with Gasteiger partial charge in [-0.2, -0.15) is 4.98 Å². The molecule has 2 amide bonds. The second-order valence-electron chi connectivity index (χ2n) is 5.67. The van der Waals surface area contributed by atoms with Gasteiger partial charge in [0.05, 0.1) is 0 Å². The highest BCUT2D eigenvalue weighted by molar-refractivity contribution is 6.04. The van der Waals surface area contributed by atoms with Crippen molar-refractivity contribution in [1.82, 2.24) is 10.1 Å². The van der Waals surface area contributed by atoms with Crippen LogP contribution >= 0.6 is 0 Å². The number of nitrogens with two attached hydrogens (primary N) is 1. The highest BCUT2D eigenvalue weighted by Crippen LogP contribution is 2.16. The van der Waals surface area contributed by atoms with E-state index < -0.39 is 5.91 Å². The molecule has 2 aromatic carbocycles. The molecule has 0 spiro atoms. The fourth-order valence-corrected chi connectivity index (χ4v) is 2.26. The number of nitrogens with one attached hydrogen (secondary N) is 1. The first-order valence-electron chi connectivity index (χ1n) is 8.30. The normalized spacial score (nSPS) is 10.4. The van der Waals surface area contributed by atoms with Crippen LogP contribution in [0.2, 0.25) is 0 Å². The number of aryl methyl sites for hydroxylation is 1. The maximum Gasteiger partial charge on any atom is 0.255 e. The molecule has 8 heteroatoms. The molecule has 1 aromatic heterocycles. The summed E-state index contributed by atoms with van der Waals surface area (Å²) in [6.45, 7) is 2.11. The van der Waals surface area contributed by atoms with E-state index in [9.17, 15) is 9.59 Å². The van der Waals surface area contributed by atoms with Gasteiger partial charge in [-0.25, -0.2) is 0 Å². The van der Waals surface area contributed by atoms with Crippen LogP contribution in [-0.2, 0) is 13.0 Å². The predicted octanol–water partition coefficient (Wildman–Crippen LogP) is 2.56. The molecule has 0 bridgehead atoms. The molecule has 1 heterocycles. The minimum Gasteiger partial charge on any atom is -0.485 e. The van der Waals surface area contributed by atoms with Gasteiger partial charge in [-0.15, -0.1) is 0 Å². The van der Waals surface area contributed by atoms with Gasteiger partial charge in [-0.3, -0.25) is 9.59 Å². The zero-order valence-electron chi connectivity index (χ0n) is 14.6. The average molecular weight is 366 g/mol. The monoisotopic (exact) mass is 366 g/mol. The van der Waals surface area contributed by atoms with Gasteiger partial charge in [0.2, 0.25) is 17.6 Å². The summed E-state index contributed by atoms with van der Waals surface area (Å²) in [6.07, 6.45) is 0.669. The summed E-state index contributed by atoms with van der Waals surface area (Å²) >= 11 is 0. The van der Waals surface area contributed by atoms with E-state index in [1.54, 1.807) is 48.5 Å². The Morgan fingerprint density at radius 2 is 1.74 bits per heavy atom. The van der Waals surface area contributed by atoms with Crippen molar-refractivity contribution in [3.63, 3.8) is 0 Å². The Hall–Kier alpha value is -3.68. The lowest BCUT2D eigenvalue weighted by atomic mass is 10.1. The molecule has 8 nitrogen and oxygen atoms in total. The number of nitrogens with zero attached hydrogens (tertiary/aromatic N) is 2. The molecule has 0 radical (unpaired) electrons. The van der Waals surface area contributed by atoms with Gasteiger partial charge in [0.1, 0.15) is 5.75 Å². The van der Waals surface area contributed by atoms with Gasteiger partial charge in [0.15, 0.2) is 6.61 Å². The number of primary amides is 1. The molecule has 27 heavy (non-hydrogen) atoms. The second kappa shape index (κ2) is 8.13. The van der Waals surface area contributed by atoms with Gasteiger partial charge < -0.3 is 20.3 Å². The van der Waals surface area contributed by atoms with E-state index in [4.69, 9.17) is 15.0 Å². The van der Waals surface area contributed by atoms with E-state index in [1.165, 1.54) is 0 Å². The molecule has 3 N–H and O–H groups in total. The fourth-order valence-electron chi connectivity index (χ4n) is 2.26. The summed E-state index contributed by atoms with van der Waals surface area (Å²) in [5.74, 6) is 0.812. The highest BCUT2D eigenvalue weighted by atomic mass is 16.5. The molecule has 138 valence electrons. The third-order valence-electron chi connectivity index (χ3n) is 3.72. The molecule has 0 saturated carbocycles. The molecule has 0 unspecified atom stereocenters. The van der Waals surface area contributed by atoms with Crippen molar-refractivity contribution in [3.8, 4) is 5.75 Å². The van der Waals surface area contributed by atoms with E-state index in [0.717, 1.165) is 0 Å². The Kier molecular flexibility index (Phi) is 5.46. The van der Waals surface area contributed by atoms with Crippen LogP contribution in [0, 0.1) is 0 Å². The topological polar surface area (TPSA) is 120 Å². The van der Waals surface area contributed by atoms with Crippen LogP contribution in [0.25, 0.3) is 0 Å². The van der Waals surface area contributed by atoms with Crippen LogP contribution < -0.4 is 15.8 Å². The Bertz CT molecular complexity index is 933. The minimum absolute atomic E-state index is 0.182. The van der Waals surface area contributed by atoms with E-state index in [0.29, 0.717) is 40.7 Å². The van der Waals surface area contributed by atoms with Crippen molar-refractivity contribution in [3.05, 3.63) is 71.4 Å². The quantitative estimate of drug-likeness (QED) is 0.663. The number of carbonyl (C=O) groups is 2. The molecule has 0 saturated heterocycles. The SMILES string of the molecule is CCc1nc(COc2ccc(C(=O)Nc3ccc(C(N)=O)cc3)cc2)no1. The summed E-state index contributed by atoms with van der Waals surface area (Å²) in [4.78, 5) is 27.5. The van der Waals surface area contributed by atoms with E-state index in [-0.39, 0.29) is 12.5 Å². The van der Waals surface area contributed by atoms with Crippen molar-refractivity contribution < 1.29 is 18.8 Å². The standard InChI is InChI=1S/C19H18N4O4/c1-2-17-22-16(23-27-17)11-26-15-9-5-13(6-10-15)19(25)21-14-7-3-12(4-8-14)18(20)24/h3-10H,2,11H2,1H3,(H2,20,24)(H,21,25). The Labute approximate surface area is 155 Å². The molecule has 0 aliphatic carbocycles. The molecular formula is C19H18N4O4. The van der Waals surface area contributed by atoms with Crippen molar-refractivity contribution >= 4 is 17.5 Å². The largest absolute Gasteiger partial charge is 0.485 e. The number of amides is 2. The fraction of sp³-hybridized carbons (Fsp3) is 0.158. The van der Waals surface area contributed by atoms with Crippen LogP contribution in [0.4, 0.5) is 5.69 Å². The average Bonchev–Trinajstić information content (AvgIpc) is 3.15. The van der Waals surface area contributed by atoms with Gasteiger partial charge in [-0.05, 0) is 48.5 Å². The van der Waals surface area contributed by atoms with Gasteiger partial charge in [0, 0.05) is 23.2 Å². The van der Waals surface area contributed by atoms with Gasteiger partial charge in [0.25, 0.3) is 5.91 Å². The molecular weight excluding hydrogens is 348 g/mol. The molecule has 3 rings (SSSR count). The van der Waals surface area contributed by atoms with Gasteiger partial charge in [-0.1, -0.05) is 12.1 Å². The van der Waals surface area contributed by atoms with E-state index in [2.05, 4.69) is 15.5 Å². The summed E-state index contributed by atoms with van der Waals surface area (Å²) in [6, 6.07) is 13.0. The number of ether oxygens (including phenoxy) is 1. The van der Waals surface area contributed by atoms with Gasteiger partial charge >= 0.3 is 0 Å².